The maximum atomic E-state index is 12.9. The van der Waals surface area contributed by atoms with Gasteiger partial charge in [-0.2, -0.15) is 0 Å². The number of ether oxygens (including phenoxy) is 2. The Morgan fingerprint density at radius 1 is 0.854 bits per heavy atom. The standard InChI is InChI=1S/C37H52O4/c1-32(2)18-20-37(31(38)39)21-19-35(5)25(26(37)22-32)12-13-28-33(3)16-15-29-34(4,27(33)14-17-36(28,35)6)23-40-30(41-29)24-10-8-7-9-11-24/h7-12,26-30H,13-23H2,1-6H3,(H,38,39)/t26-,27+,28+,29-,30+,33-,34-,35+,36+,37-/m0/s1. The first-order valence-electron chi connectivity index (χ1n) is 16.6. The summed E-state index contributed by atoms with van der Waals surface area (Å²) in [4.78, 5) is 12.9. The van der Waals surface area contributed by atoms with Crippen molar-refractivity contribution < 1.29 is 19.4 Å². The fraction of sp³-hybridized carbons (Fsp3) is 0.757. The second kappa shape index (κ2) is 8.94. The van der Waals surface area contributed by atoms with Crippen LogP contribution in [0.25, 0.3) is 0 Å². The lowest BCUT2D eigenvalue weighted by atomic mass is 9.33. The van der Waals surface area contributed by atoms with Gasteiger partial charge in [-0.25, -0.2) is 0 Å². The van der Waals surface area contributed by atoms with Gasteiger partial charge in [-0.05, 0) is 104 Å². The first-order chi connectivity index (χ1) is 19.3. The van der Waals surface area contributed by atoms with Crippen molar-refractivity contribution in [1.29, 1.82) is 0 Å². The number of carboxylic acids is 1. The molecule has 0 aromatic heterocycles. The zero-order valence-corrected chi connectivity index (χ0v) is 26.3. The van der Waals surface area contributed by atoms with Crippen molar-refractivity contribution in [2.75, 3.05) is 6.61 Å². The van der Waals surface area contributed by atoms with Gasteiger partial charge < -0.3 is 14.6 Å². The van der Waals surface area contributed by atoms with Crippen molar-refractivity contribution in [2.24, 2.45) is 50.2 Å². The zero-order chi connectivity index (χ0) is 29.1. The highest BCUT2D eigenvalue weighted by molar-refractivity contribution is 5.76. The Balaban J connectivity index is 1.22. The summed E-state index contributed by atoms with van der Waals surface area (Å²) in [6.45, 7) is 15.7. The molecule has 1 aliphatic heterocycles. The predicted molar refractivity (Wildman–Crippen MR) is 161 cm³/mol. The summed E-state index contributed by atoms with van der Waals surface area (Å²) in [5, 5.41) is 10.6. The summed E-state index contributed by atoms with van der Waals surface area (Å²) < 4.78 is 13.3. The van der Waals surface area contributed by atoms with Crippen LogP contribution in [0.2, 0.25) is 0 Å². The van der Waals surface area contributed by atoms with Gasteiger partial charge in [0.05, 0.1) is 18.1 Å². The van der Waals surface area contributed by atoms with Crippen molar-refractivity contribution in [3.8, 4) is 0 Å². The van der Waals surface area contributed by atoms with Gasteiger partial charge in [-0.15, -0.1) is 0 Å². The van der Waals surface area contributed by atoms with E-state index in [4.69, 9.17) is 9.47 Å². The van der Waals surface area contributed by atoms with Gasteiger partial charge in [-0.1, -0.05) is 83.5 Å². The highest BCUT2D eigenvalue weighted by atomic mass is 16.7. The normalized spacial score (nSPS) is 50.2. The molecule has 5 aliphatic carbocycles. The highest BCUT2D eigenvalue weighted by Crippen LogP contribution is 2.76. The monoisotopic (exact) mass is 560 g/mol. The molecule has 4 saturated carbocycles. The molecular formula is C37H52O4. The summed E-state index contributed by atoms with van der Waals surface area (Å²) >= 11 is 0. The lowest BCUT2D eigenvalue weighted by Gasteiger charge is -2.71. The molecule has 1 aromatic rings. The van der Waals surface area contributed by atoms with Crippen LogP contribution in [0.5, 0.6) is 0 Å². The first-order valence-corrected chi connectivity index (χ1v) is 16.6. The van der Waals surface area contributed by atoms with Crippen LogP contribution in [0.1, 0.15) is 118 Å². The molecule has 0 amide bonds. The SMILES string of the molecule is CC1(C)CC[C@]2(C(=O)O)CC[C@]3(C)C(=CC[C@@H]4[C@@]5(C)CC[C@@H]6O[C@H](c7ccccc7)OC[C@@]6(C)[C@@H]5CC[C@]43C)[C@@H]2C1. The number of hydrogen-bond acceptors (Lipinski definition) is 3. The van der Waals surface area contributed by atoms with Crippen LogP contribution in [-0.2, 0) is 14.3 Å². The van der Waals surface area contributed by atoms with Crippen molar-refractivity contribution in [3.05, 3.63) is 47.5 Å². The number of benzene rings is 1. The fourth-order valence-electron chi connectivity index (χ4n) is 12.1. The number of allylic oxidation sites excluding steroid dienone is 2. The van der Waals surface area contributed by atoms with Crippen LogP contribution in [0, 0.1) is 50.2 Å². The molecule has 0 radical (unpaired) electrons. The summed E-state index contributed by atoms with van der Waals surface area (Å²) in [6.07, 6.45) is 13.1. The Morgan fingerprint density at radius 3 is 2.32 bits per heavy atom. The lowest BCUT2D eigenvalue weighted by molar-refractivity contribution is -0.318. The average molecular weight is 561 g/mol. The van der Waals surface area contributed by atoms with Gasteiger partial charge in [0, 0.05) is 11.0 Å². The van der Waals surface area contributed by atoms with E-state index in [1.54, 1.807) is 0 Å². The van der Waals surface area contributed by atoms with E-state index >= 15 is 0 Å². The number of fused-ring (bicyclic) bond motifs is 9. The van der Waals surface area contributed by atoms with Crippen LogP contribution in [0.3, 0.4) is 0 Å². The molecule has 1 heterocycles. The molecule has 4 heteroatoms. The first kappa shape index (κ1) is 28.1. The van der Waals surface area contributed by atoms with Crippen LogP contribution in [0.4, 0.5) is 0 Å². The predicted octanol–water partition coefficient (Wildman–Crippen LogP) is 8.97. The minimum Gasteiger partial charge on any atom is -0.481 e. The van der Waals surface area contributed by atoms with E-state index in [1.165, 1.54) is 24.8 Å². The zero-order valence-electron chi connectivity index (χ0n) is 26.3. The Bertz CT molecular complexity index is 1250. The molecule has 1 saturated heterocycles. The maximum Gasteiger partial charge on any atom is 0.310 e. The molecule has 0 bridgehead atoms. The van der Waals surface area contributed by atoms with Gasteiger partial charge in [-0.3, -0.25) is 4.79 Å². The molecule has 1 N–H and O–H groups in total. The minimum absolute atomic E-state index is 0.0168. The number of carboxylic acid groups (broad SMARTS) is 1. The van der Waals surface area contributed by atoms with Crippen molar-refractivity contribution in [1.82, 2.24) is 0 Å². The maximum absolute atomic E-state index is 12.9. The van der Waals surface area contributed by atoms with E-state index in [0.717, 1.165) is 57.1 Å². The lowest BCUT2D eigenvalue weighted by Crippen LogP contribution is -2.66. The third-order valence-electron chi connectivity index (χ3n) is 14.7. The molecule has 7 rings (SSSR count). The van der Waals surface area contributed by atoms with Crippen LogP contribution < -0.4 is 0 Å². The van der Waals surface area contributed by atoms with Crippen LogP contribution in [0.15, 0.2) is 42.0 Å². The second-order valence-corrected chi connectivity index (χ2v) is 16.9. The summed E-state index contributed by atoms with van der Waals surface area (Å²) in [6, 6.07) is 10.4. The largest absolute Gasteiger partial charge is 0.481 e. The van der Waals surface area contributed by atoms with E-state index < -0.39 is 11.4 Å². The van der Waals surface area contributed by atoms with E-state index in [-0.39, 0.29) is 45.4 Å². The van der Waals surface area contributed by atoms with Crippen LogP contribution >= 0.6 is 0 Å². The Hall–Kier alpha value is -1.65. The van der Waals surface area contributed by atoms with Crippen molar-refractivity contribution in [2.45, 2.75) is 118 Å². The summed E-state index contributed by atoms with van der Waals surface area (Å²) in [5.74, 6) is 0.800. The Kier molecular flexibility index (Phi) is 6.14. The second-order valence-electron chi connectivity index (χ2n) is 16.9. The van der Waals surface area contributed by atoms with E-state index in [1.807, 2.05) is 0 Å². The van der Waals surface area contributed by atoms with Gasteiger partial charge in [0.1, 0.15) is 0 Å². The molecule has 0 unspecified atom stereocenters. The summed E-state index contributed by atoms with van der Waals surface area (Å²) in [7, 11) is 0. The third kappa shape index (κ3) is 3.68. The van der Waals surface area contributed by atoms with Crippen molar-refractivity contribution >= 4 is 5.97 Å². The number of hydrogen-bond donors (Lipinski definition) is 1. The molecule has 6 aliphatic rings. The quantitative estimate of drug-likeness (QED) is 0.367. The Morgan fingerprint density at radius 2 is 1.59 bits per heavy atom. The summed E-state index contributed by atoms with van der Waals surface area (Å²) in [5.41, 5.74) is 2.77. The van der Waals surface area contributed by atoms with E-state index in [0.29, 0.717) is 11.8 Å². The van der Waals surface area contributed by atoms with Crippen LogP contribution in [-0.4, -0.2) is 23.8 Å². The third-order valence-corrected chi connectivity index (χ3v) is 14.7. The van der Waals surface area contributed by atoms with Gasteiger partial charge >= 0.3 is 5.97 Å². The van der Waals surface area contributed by atoms with Crippen molar-refractivity contribution in [3.63, 3.8) is 0 Å². The molecule has 10 atom stereocenters. The van der Waals surface area contributed by atoms with Gasteiger partial charge in [0.15, 0.2) is 6.29 Å². The number of rotatable bonds is 2. The smallest absolute Gasteiger partial charge is 0.310 e. The molecule has 224 valence electrons. The number of aliphatic carboxylic acids is 1. The molecule has 1 aromatic carbocycles. The molecule has 0 spiro atoms. The molecule has 5 fully saturated rings. The molecular weight excluding hydrogens is 508 g/mol. The van der Waals surface area contributed by atoms with Gasteiger partial charge in [0.25, 0.3) is 0 Å². The Labute approximate surface area is 247 Å². The topological polar surface area (TPSA) is 55.8 Å². The average Bonchev–Trinajstić information content (AvgIpc) is 2.93. The molecule has 41 heavy (non-hydrogen) atoms. The highest BCUT2D eigenvalue weighted by Gasteiger charge is 2.70. The van der Waals surface area contributed by atoms with E-state index in [2.05, 4.69) is 78.0 Å². The molecule has 4 nitrogen and oxygen atoms in total. The van der Waals surface area contributed by atoms with E-state index in [9.17, 15) is 9.90 Å². The number of carbonyl (C=O) groups is 1. The fourth-order valence-corrected chi connectivity index (χ4v) is 12.1. The minimum atomic E-state index is -0.567. The van der Waals surface area contributed by atoms with Gasteiger partial charge in [0.2, 0.25) is 0 Å².